The van der Waals surface area contributed by atoms with Crippen LogP contribution in [0.15, 0.2) is 91.0 Å². The summed E-state index contributed by atoms with van der Waals surface area (Å²) in [4.78, 5) is 18.0. The molecule has 0 aliphatic heterocycles. The number of carbonyl (C=O) groups is 1. The van der Waals surface area contributed by atoms with Crippen molar-refractivity contribution in [3.63, 3.8) is 0 Å². The number of esters is 1. The van der Waals surface area contributed by atoms with Gasteiger partial charge in [0.05, 0.1) is 29.7 Å². The number of para-hydroxylation sites is 1. The molecule has 0 spiro atoms. The average molecular weight is 559 g/mol. The summed E-state index contributed by atoms with van der Waals surface area (Å²) >= 11 is 0. The molecular weight excluding hydrogens is 528 g/mol. The molecule has 0 amide bonds. The zero-order valence-corrected chi connectivity index (χ0v) is 23.4. The first-order valence-corrected chi connectivity index (χ1v) is 13.9. The fourth-order valence-corrected chi connectivity index (χ4v) is 4.99. The Kier molecular flexibility index (Phi) is 7.72. The first-order chi connectivity index (χ1) is 20.6. The molecule has 2 heterocycles. The standard InChI is InChI=1S/C33H30N6O3/c1-3-22-12-14-24(15-13-22)21-42-32(40)28-10-7-11-29-30(28)39(33(34-29)41-4-2)20-23-16-18-25(19-17-23)26-8-5-6-9-27(26)31-35-37-38-36-31/h5-19H,3-4,20-21H2,1-2H3,(H,35,36,37,38). The number of fused-ring (bicyclic) bond motifs is 1. The zero-order valence-electron chi connectivity index (χ0n) is 23.4. The SMILES string of the molecule is CCOc1nc2cccc(C(=O)OCc3ccc(CC)cc3)c2n1Cc1ccc(-c2ccccc2-c2nn[nH]n2)cc1. The van der Waals surface area contributed by atoms with E-state index in [4.69, 9.17) is 14.5 Å². The number of ether oxygens (including phenoxy) is 2. The monoisotopic (exact) mass is 558 g/mol. The Bertz CT molecular complexity index is 1810. The Labute approximate surface area is 243 Å². The van der Waals surface area contributed by atoms with Crippen molar-refractivity contribution >= 4 is 17.0 Å². The van der Waals surface area contributed by atoms with Crippen molar-refractivity contribution in [1.29, 1.82) is 0 Å². The second-order valence-corrected chi connectivity index (χ2v) is 9.81. The maximum absolute atomic E-state index is 13.3. The van der Waals surface area contributed by atoms with Gasteiger partial charge in [0.25, 0.3) is 6.01 Å². The van der Waals surface area contributed by atoms with E-state index < -0.39 is 5.97 Å². The van der Waals surface area contributed by atoms with Crippen molar-refractivity contribution in [2.24, 2.45) is 0 Å². The molecule has 6 rings (SSSR count). The first kappa shape index (κ1) is 26.9. The van der Waals surface area contributed by atoms with Crippen LogP contribution in [-0.4, -0.2) is 42.8 Å². The van der Waals surface area contributed by atoms with Gasteiger partial charge in [0.2, 0.25) is 5.82 Å². The van der Waals surface area contributed by atoms with Crippen LogP contribution in [0.25, 0.3) is 33.5 Å². The molecule has 0 fully saturated rings. The number of aromatic nitrogens is 6. The van der Waals surface area contributed by atoms with Gasteiger partial charge < -0.3 is 9.47 Å². The lowest BCUT2D eigenvalue weighted by Crippen LogP contribution is -2.10. The number of aromatic amines is 1. The molecule has 6 aromatic rings. The number of H-pyrrole nitrogens is 1. The lowest BCUT2D eigenvalue weighted by Gasteiger charge is -2.13. The third kappa shape index (κ3) is 5.49. The van der Waals surface area contributed by atoms with Crippen molar-refractivity contribution in [1.82, 2.24) is 30.2 Å². The number of hydrogen-bond acceptors (Lipinski definition) is 7. The van der Waals surface area contributed by atoms with E-state index >= 15 is 0 Å². The van der Waals surface area contributed by atoms with Gasteiger partial charge in [-0.2, -0.15) is 10.2 Å². The molecular formula is C33H30N6O3. The molecule has 0 saturated carbocycles. The van der Waals surface area contributed by atoms with Gasteiger partial charge in [-0.3, -0.25) is 4.57 Å². The highest BCUT2D eigenvalue weighted by Gasteiger charge is 2.21. The minimum atomic E-state index is -0.405. The number of rotatable bonds is 10. The van der Waals surface area contributed by atoms with Crippen molar-refractivity contribution in [2.75, 3.05) is 6.61 Å². The molecule has 210 valence electrons. The summed E-state index contributed by atoms with van der Waals surface area (Å²) in [5, 5.41) is 14.5. The van der Waals surface area contributed by atoms with Gasteiger partial charge in [-0.1, -0.05) is 85.8 Å². The van der Waals surface area contributed by atoms with Gasteiger partial charge in [0.1, 0.15) is 6.61 Å². The van der Waals surface area contributed by atoms with Gasteiger partial charge in [-0.05, 0) is 58.5 Å². The Balaban J connectivity index is 1.29. The maximum atomic E-state index is 13.3. The van der Waals surface area contributed by atoms with E-state index in [2.05, 4.69) is 63.9 Å². The van der Waals surface area contributed by atoms with Crippen molar-refractivity contribution < 1.29 is 14.3 Å². The van der Waals surface area contributed by atoms with Gasteiger partial charge in [-0.15, -0.1) is 10.2 Å². The third-order valence-corrected chi connectivity index (χ3v) is 7.15. The van der Waals surface area contributed by atoms with E-state index in [0.717, 1.165) is 34.2 Å². The molecule has 4 aromatic carbocycles. The number of carbonyl (C=O) groups excluding carboxylic acids is 1. The molecule has 1 N–H and O–H groups in total. The van der Waals surface area contributed by atoms with E-state index in [1.807, 2.05) is 60.0 Å². The molecule has 0 atom stereocenters. The van der Waals surface area contributed by atoms with Crippen LogP contribution in [0.4, 0.5) is 0 Å². The lowest BCUT2D eigenvalue weighted by atomic mass is 9.98. The van der Waals surface area contributed by atoms with Crippen molar-refractivity contribution in [2.45, 2.75) is 33.4 Å². The van der Waals surface area contributed by atoms with Crippen LogP contribution in [-0.2, 0) is 24.3 Å². The van der Waals surface area contributed by atoms with Crippen LogP contribution >= 0.6 is 0 Å². The number of benzene rings is 4. The van der Waals surface area contributed by atoms with Crippen LogP contribution in [0.3, 0.4) is 0 Å². The van der Waals surface area contributed by atoms with Gasteiger partial charge in [0.15, 0.2) is 0 Å². The minimum absolute atomic E-state index is 0.193. The summed E-state index contributed by atoms with van der Waals surface area (Å²) in [7, 11) is 0. The molecule has 0 bridgehead atoms. The van der Waals surface area contributed by atoms with E-state index in [0.29, 0.717) is 41.6 Å². The number of nitrogens with one attached hydrogen (secondary N) is 1. The minimum Gasteiger partial charge on any atom is -0.465 e. The summed E-state index contributed by atoms with van der Waals surface area (Å²) < 4.78 is 13.6. The quantitative estimate of drug-likeness (QED) is 0.198. The summed E-state index contributed by atoms with van der Waals surface area (Å²) in [6.07, 6.45) is 0.963. The maximum Gasteiger partial charge on any atom is 0.340 e. The Morgan fingerprint density at radius 3 is 2.29 bits per heavy atom. The normalized spacial score (nSPS) is 11.1. The average Bonchev–Trinajstić information content (AvgIpc) is 3.69. The summed E-state index contributed by atoms with van der Waals surface area (Å²) in [5.41, 5.74) is 7.92. The van der Waals surface area contributed by atoms with E-state index in [9.17, 15) is 4.79 Å². The summed E-state index contributed by atoms with van der Waals surface area (Å²) in [5.74, 6) is 0.135. The van der Waals surface area contributed by atoms with Gasteiger partial charge in [-0.25, -0.2) is 4.79 Å². The predicted molar refractivity (Wildman–Crippen MR) is 160 cm³/mol. The fourth-order valence-electron chi connectivity index (χ4n) is 4.99. The van der Waals surface area contributed by atoms with Crippen molar-refractivity contribution in [3.05, 3.63) is 113 Å². The molecule has 0 unspecified atom stereocenters. The van der Waals surface area contributed by atoms with E-state index in [-0.39, 0.29) is 6.61 Å². The molecule has 9 heteroatoms. The number of hydrogen-bond donors (Lipinski definition) is 1. The summed E-state index contributed by atoms with van der Waals surface area (Å²) in [6.45, 7) is 5.13. The van der Waals surface area contributed by atoms with Crippen molar-refractivity contribution in [3.8, 4) is 28.5 Å². The zero-order chi connectivity index (χ0) is 28.9. The van der Waals surface area contributed by atoms with Gasteiger partial charge in [0, 0.05) is 5.56 Å². The second kappa shape index (κ2) is 12.1. The second-order valence-electron chi connectivity index (χ2n) is 9.81. The van der Waals surface area contributed by atoms with Crippen LogP contribution in [0.5, 0.6) is 6.01 Å². The van der Waals surface area contributed by atoms with Gasteiger partial charge >= 0.3 is 5.97 Å². The van der Waals surface area contributed by atoms with E-state index in [1.54, 1.807) is 6.07 Å². The number of imidazole rings is 1. The van der Waals surface area contributed by atoms with Crippen LogP contribution in [0.2, 0.25) is 0 Å². The first-order valence-electron chi connectivity index (χ1n) is 13.9. The van der Waals surface area contributed by atoms with Crippen LogP contribution < -0.4 is 4.74 Å². The third-order valence-electron chi connectivity index (χ3n) is 7.15. The lowest BCUT2D eigenvalue weighted by molar-refractivity contribution is 0.0474. The number of tetrazole rings is 1. The molecule has 42 heavy (non-hydrogen) atoms. The highest BCUT2D eigenvalue weighted by molar-refractivity contribution is 6.02. The van der Waals surface area contributed by atoms with Crippen LogP contribution in [0.1, 0.15) is 40.9 Å². The molecule has 0 aliphatic carbocycles. The smallest absolute Gasteiger partial charge is 0.340 e. The largest absolute Gasteiger partial charge is 0.465 e. The predicted octanol–water partition coefficient (Wildman–Crippen LogP) is 6.25. The molecule has 0 aliphatic rings. The number of aryl methyl sites for hydroxylation is 1. The Morgan fingerprint density at radius 2 is 1.57 bits per heavy atom. The Hall–Kier alpha value is -5.31. The topological polar surface area (TPSA) is 108 Å². The summed E-state index contributed by atoms with van der Waals surface area (Å²) in [6, 6.07) is 30.2. The highest BCUT2D eigenvalue weighted by Crippen LogP contribution is 2.31. The fraction of sp³-hybridized carbons (Fsp3) is 0.182. The molecule has 0 saturated heterocycles. The molecule has 0 radical (unpaired) electrons. The number of nitrogens with zero attached hydrogens (tertiary/aromatic N) is 5. The molecule has 9 nitrogen and oxygen atoms in total. The van der Waals surface area contributed by atoms with Crippen LogP contribution in [0, 0.1) is 0 Å². The Morgan fingerprint density at radius 1 is 0.833 bits per heavy atom. The highest BCUT2D eigenvalue weighted by atomic mass is 16.5. The van der Waals surface area contributed by atoms with E-state index in [1.165, 1.54) is 5.56 Å². The molecule has 2 aromatic heterocycles.